The molecule has 144 valence electrons. The van der Waals surface area contributed by atoms with Crippen LogP contribution in [0.25, 0.3) is 0 Å². The molecule has 1 atom stereocenters. The molecule has 2 heterocycles. The van der Waals surface area contributed by atoms with Gasteiger partial charge in [0.15, 0.2) is 0 Å². The Morgan fingerprint density at radius 3 is 2.27 bits per heavy atom. The van der Waals surface area contributed by atoms with E-state index in [1.165, 1.54) is 57.7 Å². The summed E-state index contributed by atoms with van der Waals surface area (Å²) in [5.74, 6) is 0.811. The van der Waals surface area contributed by atoms with Crippen LogP contribution in [0.4, 0.5) is 5.69 Å². The molecule has 5 nitrogen and oxygen atoms in total. The Morgan fingerprint density at radius 2 is 1.69 bits per heavy atom. The van der Waals surface area contributed by atoms with Gasteiger partial charge in [0.1, 0.15) is 0 Å². The van der Waals surface area contributed by atoms with Crippen LogP contribution in [0.5, 0.6) is 0 Å². The van der Waals surface area contributed by atoms with Crippen LogP contribution in [0.15, 0.2) is 24.3 Å². The van der Waals surface area contributed by atoms with Gasteiger partial charge < -0.3 is 10.2 Å². The predicted molar refractivity (Wildman–Crippen MR) is 107 cm³/mol. The van der Waals surface area contributed by atoms with Gasteiger partial charge in [-0.2, -0.15) is 0 Å². The number of likely N-dealkylation sites (N-methyl/N-ethyl adjacent to an activating group) is 1. The first-order valence-electron chi connectivity index (χ1n) is 10.0. The SMILES string of the molecule is CC(=O)Nc1ccc(CN2CCC([C@@H](C)N3CCN(C)CC3)CC2)cc1. The molecule has 0 radical (unpaired) electrons. The van der Waals surface area contributed by atoms with Crippen molar-refractivity contribution in [3.8, 4) is 0 Å². The van der Waals surface area contributed by atoms with Crippen molar-refractivity contribution < 1.29 is 4.79 Å². The minimum absolute atomic E-state index is 0.0192. The molecule has 2 aliphatic rings. The van der Waals surface area contributed by atoms with E-state index in [4.69, 9.17) is 0 Å². The molecule has 1 aromatic carbocycles. The molecule has 0 spiro atoms. The molecule has 2 aliphatic heterocycles. The van der Waals surface area contributed by atoms with Crippen LogP contribution in [0.2, 0.25) is 0 Å². The molecule has 26 heavy (non-hydrogen) atoms. The lowest BCUT2D eigenvalue weighted by Gasteiger charge is -2.42. The number of piperazine rings is 1. The summed E-state index contributed by atoms with van der Waals surface area (Å²) in [6, 6.07) is 8.97. The van der Waals surface area contributed by atoms with E-state index in [1.807, 2.05) is 12.1 Å². The highest BCUT2D eigenvalue weighted by atomic mass is 16.1. The van der Waals surface area contributed by atoms with E-state index in [1.54, 1.807) is 6.92 Å². The van der Waals surface area contributed by atoms with Crippen LogP contribution >= 0.6 is 0 Å². The normalized spacial score (nSPS) is 22.3. The largest absolute Gasteiger partial charge is 0.326 e. The fourth-order valence-corrected chi connectivity index (χ4v) is 4.28. The molecule has 1 aromatic rings. The third kappa shape index (κ3) is 5.29. The topological polar surface area (TPSA) is 38.8 Å². The Hall–Kier alpha value is -1.43. The lowest BCUT2D eigenvalue weighted by Crippen LogP contribution is -2.51. The van der Waals surface area contributed by atoms with Crippen molar-refractivity contribution >= 4 is 11.6 Å². The average Bonchev–Trinajstić information content (AvgIpc) is 2.64. The van der Waals surface area contributed by atoms with E-state index < -0.39 is 0 Å². The van der Waals surface area contributed by atoms with Gasteiger partial charge in [0.05, 0.1) is 0 Å². The molecule has 1 N–H and O–H groups in total. The fraction of sp³-hybridized carbons (Fsp3) is 0.667. The second-order valence-electron chi connectivity index (χ2n) is 8.07. The van der Waals surface area contributed by atoms with Crippen molar-refractivity contribution in [3.63, 3.8) is 0 Å². The van der Waals surface area contributed by atoms with Gasteiger partial charge in [-0.05, 0) is 63.5 Å². The number of piperidine rings is 1. The smallest absolute Gasteiger partial charge is 0.221 e. The highest BCUT2D eigenvalue weighted by molar-refractivity contribution is 5.88. The Labute approximate surface area is 158 Å². The Kier molecular flexibility index (Phi) is 6.68. The molecule has 2 saturated heterocycles. The van der Waals surface area contributed by atoms with Gasteiger partial charge in [-0.1, -0.05) is 12.1 Å². The molecule has 0 saturated carbocycles. The van der Waals surface area contributed by atoms with Crippen molar-refractivity contribution in [2.24, 2.45) is 5.92 Å². The van der Waals surface area contributed by atoms with Gasteiger partial charge in [0, 0.05) is 51.4 Å². The Bertz CT molecular complexity index is 572. The second-order valence-corrected chi connectivity index (χ2v) is 8.07. The number of anilines is 1. The van der Waals surface area contributed by atoms with Gasteiger partial charge >= 0.3 is 0 Å². The third-order valence-electron chi connectivity index (χ3n) is 6.11. The number of benzene rings is 1. The zero-order valence-electron chi connectivity index (χ0n) is 16.6. The van der Waals surface area contributed by atoms with Crippen LogP contribution in [-0.2, 0) is 11.3 Å². The quantitative estimate of drug-likeness (QED) is 0.878. The maximum absolute atomic E-state index is 11.1. The number of nitrogens with one attached hydrogen (secondary N) is 1. The summed E-state index contributed by atoms with van der Waals surface area (Å²) in [6.07, 6.45) is 2.61. The molecule has 0 aliphatic carbocycles. The predicted octanol–water partition coefficient (Wildman–Crippen LogP) is 2.49. The zero-order valence-corrected chi connectivity index (χ0v) is 16.6. The van der Waals surface area contributed by atoms with Gasteiger partial charge in [0.25, 0.3) is 0 Å². The van der Waals surface area contributed by atoms with Crippen molar-refractivity contribution in [1.29, 1.82) is 0 Å². The maximum Gasteiger partial charge on any atom is 0.221 e. The summed E-state index contributed by atoms with van der Waals surface area (Å²) in [5, 5.41) is 2.83. The maximum atomic E-state index is 11.1. The van der Waals surface area contributed by atoms with Gasteiger partial charge in [-0.3, -0.25) is 14.6 Å². The van der Waals surface area contributed by atoms with Crippen LogP contribution < -0.4 is 5.32 Å². The summed E-state index contributed by atoms with van der Waals surface area (Å²) in [6.45, 7) is 12.2. The molecular formula is C21H34N4O. The molecular weight excluding hydrogens is 324 g/mol. The van der Waals surface area contributed by atoms with E-state index in [0.29, 0.717) is 6.04 Å². The molecule has 5 heteroatoms. The standard InChI is InChI=1S/C21H34N4O/c1-17(25-14-12-23(3)13-15-25)20-8-10-24(11-9-20)16-19-4-6-21(7-5-19)22-18(2)26/h4-7,17,20H,8-16H2,1-3H3,(H,22,26)/t17-/m1/s1. The molecule has 0 bridgehead atoms. The van der Waals surface area contributed by atoms with Crippen molar-refractivity contribution in [1.82, 2.24) is 14.7 Å². The number of likely N-dealkylation sites (tertiary alicyclic amines) is 1. The van der Waals surface area contributed by atoms with E-state index in [0.717, 1.165) is 18.2 Å². The Balaban J connectivity index is 1.44. The van der Waals surface area contributed by atoms with Gasteiger partial charge in [-0.15, -0.1) is 0 Å². The van der Waals surface area contributed by atoms with E-state index >= 15 is 0 Å². The molecule has 2 fully saturated rings. The van der Waals surface area contributed by atoms with Crippen LogP contribution in [0.1, 0.15) is 32.3 Å². The van der Waals surface area contributed by atoms with Gasteiger partial charge in [-0.25, -0.2) is 0 Å². The highest BCUT2D eigenvalue weighted by Gasteiger charge is 2.29. The fourth-order valence-electron chi connectivity index (χ4n) is 4.28. The monoisotopic (exact) mass is 358 g/mol. The summed E-state index contributed by atoms with van der Waals surface area (Å²) in [7, 11) is 2.23. The zero-order chi connectivity index (χ0) is 18.5. The minimum Gasteiger partial charge on any atom is -0.326 e. The van der Waals surface area contributed by atoms with Gasteiger partial charge in [0.2, 0.25) is 5.91 Å². The first kappa shape index (κ1) is 19.3. The van der Waals surface area contributed by atoms with Crippen molar-refractivity contribution in [2.75, 3.05) is 51.6 Å². The third-order valence-corrected chi connectivity index (χ3v) is 6.11. The summed E-state index contributed by atoms with van der Waals surface area (Å²) in [5.41, 5.74) is 2.20. The second kappa shape index (κ2) is 8.98. The number of carbonyl (C=O) groups excluding carboxylic acids is 1. The molecule has 0 unspecified atom stereocenters. The molecule has 3 rings (SSSR count). The summed E-state index contributed by atoms with van der Waals surface area (Å²) in [4.78, 5) is 18.8. The molecule has 0 aromatic heterocycles. The summed E-state index contributed by atoms with van der Waals surface area (Å²) < 4.78 is 0. The number of carbonyl (C=O) groups is 1. The van der Waals surface area contributed by atoms with Crippen LogP contribution in [0.3, 0.4) is 0 Å². The van der Waals surface area contributed by atoms with Crippen molar-refractivity contribution in [2.45, 2.75) is 39.3 Å². The minimum atomic E-state index is -0.0192. The first-order valence-corrected chi connectivity index (χ1v) is 10.0. The lowest BCUT2D eigenvalue weighted by molar-refractivity contribution is -0.114. The number of rotatable bonds is 5. The van der Waals surface area contributed by atoms with E-state index in [2.05, 4.69) is 46.1 Å². The van der Waals surface area contributed by atoms with E-state index in [-0.39, 0.29) is 5.91 Å². The number of hydrogen-bond acceptors (Lipinski definition) is 4. The first-order chi connectivity index (χ1) is 12.5. The number of amides is 1. The average molecular weight is 359 g/mol. The van der Waals surface area contributed by atoms with E-state index in [9.17, 15) is 4.79 Å². The molecule has 1 amide bonds. The van der Waals surface area contributed by atoms with Crippen LogP contribution in [-0.4, -0.2) is 73.0 Å². The van der Waals surface area contributed by atoms with Crippen LogP contribution in [0, 0.1) is 5.92 Å². The number of hydrogen-bond donors (Lipinski definition) is 1. The Morgan fingerprint density at radius 1 is 1.08 bits per heavy atom. The van der Waals surface area contributed by atoms with Crippen molar-refractivity contribution in [3.05, 3.63) is 29.8 Å². The number of nitrogens with zero attached hydrogens (tertiary/aromatic N) is 3. The summed E-state index contributed by atoms with van der Waals surface area (Å²) >= 11 is 0. The highest BCUT2D eigenvalue weighted by Crippen LogP contribution is 2.26. The lowest BCUT2D eigenvalue weighted by atomic mass is 9.89.